The number of benzene rings is 2. The van der Waals surface area contributed by atoms with Crippen LogP contribution in [0.15, 0.2) is 48.5 Å². The van der Waals surface area contributed by atoms with Gasteiger partial charge >= 0.3 is 0 Å². The zero-order chi connectivity index (χ0) is 21.2. The van der Waals surface area contributed by atoms with Crippen molar-refractivity contribution in [2.24, 2.45) is 0 Å². The lowest BCUT2D eigenvalue weighted by Gasteiger charge is -2.29. The highest BCUT2D eigenvalue weighted by atomic mass is 32.2. The summed E-state index contributed by atoms with van der Waals surface area (Å²) in [6, 6.07) is 15.8. The Labute approximate surface area is 179 Å². The van der Waals surface area contributed by atoms with Gasteiger partial charge in [-0.05, 0) is 43.9 Å². The minimum absolute atomic E-state index is 0.00996. The van der Waals surface area contributed by atoms with Crippen LogP contribution < -0.4 is 5.32 Å². The fourth-order valence-corrected chi connectivity index (χ4v) is 4.08. The molecule has 0 spiro atoms. The summed E-state index contributed by atoms with van der Waals surface area (Å²) < 4.78 is 0. The van der Waals surface area contributed by atoms with Gasteiger partial charge in [0.2, 0.25) is 11.8 Å². The van der Waals surface area contributed by atoms with Gasteiger partial charge < -0.3 is 10.2 Å². The van der Waals surface area contributed by atoms with Gasteiger partial charge in [-0.25, -0.2) is 0 Å². The van der Waals surface area contributed by atoms with E-state index < -0.39 is 6.04 Å². The van der Waals surface area contributed by atoms with Crippen LogP contribution in [0.25, 0.3) is 0 Å². The number of hydrogen-bond donors (Lipinski definition) is 1. The Bertz CT molecular complexity index is 822. The van der Waals surface area contributed by atoms with Crippen LogP contribution in [-0.2, 0) is 21.9 Å². The summed E-state index contributed by atoms with van der Waals surface area (Å²) in [5.41, 5.74) is 4.66. The van der Waals surface area contributed by atoms with Crippen LogP contribution in [-0.4, -0.2) is 35.1 Å². The maximum atomic E-state index is 13.1. The summed E-state index contributed by atoms with van der Waals surface area (Å²) in [6.07, 6.45) is 0.872. The van der Waals surface area contributed by atoms with Gasteiger partial charge in [-0.3, -0.25) is 9.59 Å². The Hall–Kier alpha value is -2.27. The number of hydrogen-bond acceptors (Lipinski definition) is 3. The molecular formula is C24H32N2O2S. The zero-order valence-corrected chi connectivity index (χ0v) is 18.7. The van der Waals surface area contributed by atoms with Crippen LogP contribution in [0.1, 0.15) is 42.5 Å². The Balaban J connectivity index is 2.07. The number of aryl methyl sites for hydroxylation is 2. The first kappa shape index (κ1) is 23.0. The minimum Gasteiger partial charge on any atom is -0.354 e. The lowest BCUT2D eigenvalue weighted by molar-refractivity contribution is -0.138. The molecule has 0 bridgehead atoms. The third-order valence-corrected chi connectivity index (χ3v) is 5.86. The highest BCUT2D eigenvalue weighted by Crippen LogP contribution is 2.18. The van der Waals surface area contributed by atoms with E-state index in [0.29, 0.717) is 18.8 Å². The summed E-state index contributed by atoms with van der Waals surface area (Å²) in [6.45, 7) is 9.00. The molecule has 1 N–H and O–H groups in total. The van der Waals surface area contributed by atoms with Crippen molar-refractivity contribution in [3.63, 3.8) is 0 Å². The first-order chi connectivity index (χ1) is 13.9. The Morgan fingerprint density at radius 3 is 2.55 bits per heavy atom. The number of nitrogens with zero attached hydrogens (tertiary/aromatic N) is 1. The van der Waals surface area contributed by atoms with Crippen LogP contribution in [0.5, 0.6) is 0 Å². The van der Waals surface area contributed by atoms with E-state index in [-0.39, 0.29) is 11.8 Å². The lowest BCUT2D eigenvalue weighted by Crippen LogP contribution is -2.48. The van der Waals surface area contributed by atoms with Gasteiger partial charge in [-0.2, -0.15) is 0 Å². The van der Waals surface area contributed by atoms with Crippen LogP contribution in [0, 0.1) is 13.8 Å². The molecule has 0 saturated heterocycles. The first-order valence-corrected chi connectivity index (χ1v) is 11.3. The van der Waals surface area contributed by atoms with Gasteiger partial charge in [0.15, 0.2) is 0 Å². The fourth-order valence-electron chi connectivity index (χ4n) is 3.09. The molecule has 2 aromatic rings. The molecule has 0 heterocycles. The molecule has 2 aromatic carbocycles. The van der Waals surface area contributed by atoms with Gasteiger partial charge in [-0.15, -0.1) is 11.8 Å². The van der Waals surface area contributed by atoms with Crippen LogP contribution in [0.2, 0.25) is 0 Å². The van der Waals surface area contributed by atoms with Crippen molar-refractivity contribution in [3.8, 4) is 0 Å². The molecule has 0 unspecified atom stereocenters. The van der Waals surface area contributed by atoms with Gasteiger partial charge in [0.05, 0.1) is 5.75 Å². The molecule has 2 rings (SSSR count). The van der Waals surface area contributed by atoms with E-state index >= 15 is 0 Å². The van der Waals surface area contributed by atoms with Crippen molar-refractivity contribution >= 4 is 23.6 Å². The van der Waals surface area contributed by atoms with E-state index in [1.807, 2.05) is 51.1 Å². The van der Waals surface area contributed by atoms with Crippen molar-refractivity contribution in [2.75, 3.05) is 12.3 Å². The van der Waals surface area contributed by atoms with Crippen molar-refractivity contribution in [2.45, 2.75) is 52.5 Å². The Kier molecular flexibility index (Phi) is 9.26. The zero-order valence-electron chi connectivity index (χ0n) is 17.9. The van der Waals surface area contributed by atoms with E-state index in [1.54, 1.807) is 16.7 Å². The maximum Gasteiger partial charge on any atom is 0.242 e. The van der Waals surface area contributed by atoms with E-state index in [0.717, 1.165) is 23.3 Å². The largest absolute Gasteiger partial charge is 0.354 e. The van der Waals surface area contributed by atoms with Gasteiger partial charge in [-0.1, -0.05) is 61.0 Å². The predicted octanol–water partition coefficient (Wildman–Crippen LogP) is 4.48. The second-order valence-electron chi connectivity index (χ2n) is 7.40. The van der Waals surface area contributed by atoms with Crippen LogP contribution in [0.3, 0.4) is 0 Å². The maximum absolute atomic E-state index is 13.1. The third-order valence-electron chi connectivity index (χ3n) is 4.90. The SMILES string of the molecule is CCCNC(=O)[C@H](C)N(Cc1cccc(C)c1)C(=O)CSCc1ccccc1C. The normalized spacial score (nSPS) is 11.7. The molecule has 0 aliphatic rings. The van der Waals surface area contributed by atoms with Gasteiger partial charge in [0.25, 0.3) is 0 Å². The molecule has 5 heteroatoms. The summed E-state index contributed by atoms with van der Waals surface area (Å²) in [4.78, 5) is 27.3. The number of rotatable bonds is 10. The molecule has 156 valence electrons. The monoisotopic (exact) mass is 412 g/mol. The van der Waals surface area contributed by atoms with Crippen molar-refractivity contribution in [1.82, 2.24) is 10.2 Å². The fraction of sp³-hybridized carbons (Fsp3) is 0.417. The Morgan fingerprint density at radius 1 is 1.10 bits per heavy atom. The number of carbonyl (C=O) groups is 2. The second kappa shape index (κ2) is 11.7. The lowest BCUT2D eigenvalue weighted by atomic mass is 10.1. The molecule has 4 nitrogen and oxygen atoms in total. The number of thioether (sulfide) groups is 1. The summed E-state index contributed by atoms with van der Waals surface area (Å²) in [5.74, 6) is 1.03. The predicted molar refractivity (Wildman–Crippen MR) is 122 cm³/mol. The highest BCUT2D eigenvalue weighted by molar-refractivity contribution is 7.99. The summed E-state index contributed by atoms with van der Waals surface area (Å²) >= 11 is 1.59. The molecule has 0 aromatic heterocycles. The topological polar surface area (TPSA) is 49.4 Å². The molecule has 2 amide bonds. The van der Waals surface area contributed by atoms with Crippen molar-refractivity contribution < 1.29 is 9.59 Å². The van der Waals surface area contributed by atoms with E-state index in [9.17, 15) is 9.59 Å². The van der Waals surface area contributed by atoms with E-state index in [1.165, 1.54) is 11.1 Å². The van der Waals surface area contributed by atoms with E-state index in [4.69, 9.17) is 0 Å². The molecular weight excluding hydrogens is 380 g/mol. The molecule has 0 saturated carbocycles. The molecule has 0 aliphatic heterocycles. The molecule has 1 atom stereocenters. The third kappa shape index (κ3) is 7.24. The average molecular weight is 413 g/mol. The average Bonchev–Trinajstić information content (AvgIpc) is 2.71. The van der Waals surface area contributed by atoms with E-state index in [2.05, 4.69) is 30.4 Å². The number of carbonyl (C=O) groups excluding carboxylic acids is 2. The molecule has 0 radical (unpaired) electrons. The molecule has 0 fully saturated rings. The summed E-state index contributed by atoms with van der Waals surface area (Å²) in [5, 5.41) is 2.91. The van der Waals surface area contributed by atoms with Gasteiger partial charge in [0, 0.05) is 18.8 Å². The van der Waals surface area contributed by atoms with Crippen LogP contribution in [0.4, 0.5) is 0 Å². The number of amides is 2. The highest BCUT2D eigenvalue weighted by Gasteiger charge is 2.25. The standard InChI is InChI=1S/C24H32N2O2S/c1-5-13-25-24(28)20(4)26(15-21-11-8-9-18(2)14-21)23(27)17-29-16-22-12-7-6-10-19(22)3/h6-12,14,20H,5,13,15-17H2,1-4H3,(H,25,28)/t20-/m0/s1. The van der Waals surface area contributed by atoms with Crippen molar-refractivity contribution in [1.29, 1.82) is 0 Å². The summed E-state index contributed by atoms with van der Waals surface area (Å²) in [7, 11) is 0. The van der Waals surface area contributed by atoms with Crippen molar-refractivity contribution in [3.05, 3.63) is 70.8 Å². The quantitative estimate of drug-likeness (QED) is 0.626. The van der Waals surface area contributed by atoms with Crippen LogP contribution >= 0.6 is 11.8 Å². The number of nitrogens with one attached hydrogen (secondary N) is 1. The molecule has 0 aliphatic carbocycles. The Morgan fingerprint density at radius 2 is 1.86 bits per heavy atom. The second-order valence-corrected chi connectivity index (χ2v) is 8.38. The smallest absolute Gasteiger partial charge is 0.242 e. The minimum atomic E-state index is -0.506. The first-order valence-electron chi connectivity index (χ1n) is 10.2. The molecule has 29 heavy (non-hydrogen) atoms. The van der Waals surface area contributed by atoms with Gasteiger partial charge in [0.1, 0.15) is 6.04 Å².